The number of hydrogen-bond acceptors (Lipinski definition) is 2. The highest BCUT2D eigenvalue weighted by molar-refractivity contribution is 9.08. The molecule has 4 heteroatoms. The van der Waals surface area contributed by atoms with Crippen molar-refractivity contribution in [2.75, 3.05) is 25.1 Å². The second-order valence-electron chi connectivity index (χ2n) is 4.29. The van der Waals surface area contributed by atoms with Crippen LogP contribution in [0.2, 0.25) is 5.02 Å². The number of piperidine rings is 1. The standard InChI is InChI=1S/C13H17BrClNO/c1-17-10-5-7-16(8-6-10)13-4-2-3-12(15)11(13)9-14/h2-4,10H,5-9H2,1H3. The Kier molecular flexibility index (Phi) is 4.71. The van der Waals surface area contributed by atoms with Gasteiger partial charge in [0.1, 0.15) is 0 Å². The Labute approximate surface area is 116 Å². The summed E-state index contributed by atoms with van der Waals surface area (Å²) in [6, 6.07) is 6.12. The van der Waals surface area contributed by atoms with E-state index >= 15 is 0 Å². The first-order chi connectivity index (χ1) is 8.26. The largest absolute Gasteiger partial charge is 0.381 e. The molecule has 0 atom stereocenters. The quantitative estimate of drug-likeness (QED) is 0.785. The number of rotatable bonds is 3. The molecule has 1 aromatic carbocycles. The Balaban J connectivity index is 2.15. The molecule has 17 heavy (non-hydrogen) atoms. The van der Waals surface area contributed by atoms with Gasteiger partial charge in [0, 0.05) is 41.8 Å². The summed E-state index contributed by atoms with van der Waals surface area (Å²) in [6.45, 7) is 2.08. The van der Waals surface area contributed by atoms with Crippen LogP contribution in [0.5, 0.6) is 0 Å². The van der Waals surface area contributed by atoms with Crippen molar-refractivity contribution in [2.24, 2.45) is 0 Å². The number of hydrogen-bond donors (Lipinski definition) is 0. The molecule has 0 aromatic heterocycles. The molecule has 1 aromatic rings. The molecule has 0 radical (unpaired) electrons. The van der Waals surface area contributed by atoms with Gasteiger partial charge < -0.3 is 9.64 Å². The molecule has 0 amide bonds. The van der Waals surface area contributed by atoms with Gasteiger partial charge in [0.05, 0.1) is 6.10 Å². The third-order valence-electron chi connectivity index (χ3n) is 3.34. The summed E-state index contributed by atoms with van der Waals surface area (Å²) in [6.07, 6.45) is 2.59. The Hall–Kier alpha value is -0.250. The van der Waals surface area contributed by atoms with E-state index in [1.165, 1.54) is 11.3 Å². The zero-order valence-electron chi connectivity index (χ0n) is 9.96. The predicted octanol–water partition coefficient (Wildman–Crippen LogP) is 3.85. The van der Waals surface area contributed by atoms with Gasteiger partial charge in [-0.25, -0.2) is 0 Å². The van der Waals surface area contributed by atoms with Crippen molar-refractivity contribution in [3.05, 3.63) is 28.8 Å². The molecule has 1 heterocycles. The van der Waals surface area contributed by atoms with Crippen LogP contribution < -0.4 is 4.90 Å². The minimum atomic E-state index is 0.415. The number of alkyl halides is 1. The molecule has 0 spiro atoms. The Morgan fingerprint density at radius 2 is 2.12 bits per heavy atom. The van der Waals surface area contributed by atoms with Crippen LogP contribution in [-0.2, 0) is 10.1 Å². The summed E-state index contributed by atoms with van der Waals surface area (Å²) >= 11 is 9.74. The summed E-state index contributed by atoms with van der Waals surface area (Å²) in [5, 5.41) is 1.64. The maximum absolute atomic E-state index is 6.22. The van der Waals surface area contributed by atoms with Crippen LogP contribution in [0.15, 0.2) is 18.2 Å². The fraction of sp³-hybridized carbons (Fsp3) is 0.538. The SMILES string of the molecule is COC1CCN(c2cccc(Cl)c2CBr)CC1. The highest BCUT2D eigenvalue weighted by Gasteiger charge is 2.21. The summed E-state index contributed by atoms with van der Waals surface area (Å²) < 4.78 is 5.39. The monoisotopic (exact) mass is 317 g/mol. The van der Waals surface area contributed by atoms with Crippen molar-refractivity contribution < 1.29 is 4.74 Å². The average Bonchev–Trinajstić information content (AvgIpc) is 2.38. The van der Waals surface area contributed by atoms with Crippen LogP contribution in [0.3, 0.4) is 0 Å². The first-order valence-corrected chi connectivity index (χ1v) is 7.37. The summed E-state index contributed by atoms with van der Waals surface area (Å²) in [5.41, 5.74) is 2.44. The van der Waals surface area contributed by atoms with E-state index in [1.807, 2.05) is 12.1 Å². The number of ether oxygens (including phenoxy) is 1. The number of methoxy groups -OCH3 is 1. The first-order valence-electron chi connectivity index (χ1n) is 5.87. The zero-order chi connectivity index (χ0) is 12.3. The van der Waals surface area contributed by atoms with Crippen molar-refractivity contribution in [3.63, 3.8) is 0 Å². The van der Waals surface area contributed by atoms with Crippen molar-refractivity contribution in [3.8, 4) is 0 Å². The minimum absolute atomic E-state index is 0.415. The molecule has 1 aliphatic heterocycles. The maximum atomic E-state index is 6.22. The van der Waals surface area contributed by atoms with Crippen LogP contribution in [0.1, 0.15) is 18.4 Å². The van der Waals surface area contributed by atoms with E-state index in [-0.39, 0.29) is 0 Å². The summed E-state index contributed by atoms with van der Waals surface area (Å²) in [5.74, 6) is 0. The highest BCUT2D eigenvalue weighted by atomic mass is 79.9. The van der Waals surface area contributed by atoms with Gasteiger partial charge in [0.2, 0.25) is 0 Å². The lowest BCUT2D eigenvalue weighted by Crippen LogP contribution is -2.37. The van der Waals surface area contributed by atoms with Crippen molar-refractivity contribution in [2.45, 2.75) is 24.3 Å². The van der Waals surface area contributed by atoms with E-state index in [1.54, 1.807) is 7.11 Å². The van der Waals surface area contributed by atoms with Crippen LogP contribution in [0.25, 0.3) is 0 Å². The van der Waals surface area contributed by atoms with Gasteiger partial charge in [-0.15, -0.1) is 0 Å². The van der Waals surface area contributed by atoms with Crippen molar-refractivity contribution >= 4 is 33.2 Å². The molecule has 1 fully saturated rings. The van der Waals surface area contributed by atoms with Crippen molar-refractivity contribution in [1.82, 2.24) is 0 Å². The third kappa shape index (κ3) is 2.95. The van der Waals surface area contributed by atoms with Gasteiger partial charge in [-0.2, -0.15) is 0 Å². The molecule has 0 saturated carbocycles. The molecule has 1 saturated heterocycles. The number of anilines is 1. The fourth-order valence-corrected chi connectivity index (χ4v) is 3.30. The van der Waals surface area contributed by atoms with Crippen LogP contribution in [0.4, 0.5) is 5.69 Å². The molecule has 2 nitrogen and oxygen atoms in total. The van der Waals surface area contributed by atoms with E-state index in [4.69, 9.17) is 16.3 Å². The van der Waals surface area contributed by atoms with Gasteiger partial charge in [0.15, 0.2) is 0 Å². The van der Waals surface area contributed by atoms with E-state index in [0.717, 1.165) is 36.3 Å². The van der Waals surface area contributed by atoms with Crippen LogP contribution >= 0.6 is 27.5 Å². The molecule has 0 N–H and O–H groups in total. The fourth-order valence-electron chi connectivity index (χ4n) is 2.31. The average molecular weight is 319 g/mol. The van der Waals surface area contributed by atoms with Gasteiger partial charge in [-0.05, 0) is 25.0 Å². The highest BCUT2D eigenvalue weighted by Crippen LogP contribution is 2.31. The lowest BCUT2D eigenvalue weighted by molar-refractivity contribution is 0.0819. The molecular weight excluding hydrogens is 302 g/mol. The second kappa shape index (κ2) is 6.07. The molecule has 0 unspecified atom stereocenters. The lowest BCUT2D eigenvalue weighted by atomic mass is 10.1. The minimum Gasteiger partial charge on any atom is -0.381 e. The van der Waals surface area contributed by atoms with Gasteiger partial charge in [-0.1, -0.05) is 33.6 Å². The maximum Gasteiger partial charge on any atom is 0.0605 e. The van der Waals surface area contributed by atoms with Gasteiger partial charge in [-0.3, -0.25) is 0 Å². The number of nitrogens with zero attached hydrogens (tertiary/aromatic N) is 1. The van der Waals surface area contributed by atoms with Crippen LogP contribution in [-0.4, -0.2) is 26.3 Å². The Bertz CT molecular complexity index is 378. The molecule has 0 bridgehead atoms. The van der Waals surface area contributed by atoms with E-state index < -0.39 is 0 Å². The first kappa shape index (κ1) is 13.2. The van der Waals surface area contributed by atoms with E-state index in [2.05, 4.69) is 26.9 Å². The molecule has 2 rings (SSSR count). The lowest BCUT2D eigenvalue weighted by Gasteiger charge is -2.34. The number of benzene rings is 1. The van der Waals surface area contributed by atoms with Gasteiger partial charge >= 0.3 is 0 Å². The molecule has 94 valence electrons. The summed E-state index contributed by atoms with van der Waals surface area (Å²) in [7, 11) is 1.80. The van der Waals surface area contributed by atoms with Crippen LogP contribution in [0, 0.1) is 0 Å². The molecule has 0 aliphatic carbocycles. The Morgan fingerprint density at radius 3 is 2.71 bits per heavy atom. The number of halogens is 2. The second-order valence-corrected chi connectivity index (χ2v) is 5.26. The van der Waals surface area contributed by atoms with E-state index in [0.29, 0.717) is 6.10 Å². The van der Waals surface area contributed by atoms with Crippen molar-refractivity contribution in [1.29, 1.82) is 0 Å². The zero-order valence-corrected chi connectivity index (χ0v) is 12.3. The predicted molar refractivity (Wildman–Crippen MR) is 76.3 cm³/mol. The topological polar surface area (TPSA) is 12.5 Å². The molecular formula is C13H17BrClNO. The van der Waals surface area contributed by atoms with E-state index in [9.17, 15) is 0 Å². The Morgan fingerprint density at radius 1 is 1.41 bits per heavy atom. The normalized spacial score (nSPS) is 17.5. The van der Waals surface area contributed by atoms with Gasteiger partial charge in [0.25, 0.3) is 0 Å². The molecule has 1 aliphatic rings. The third-order valence-corrected chi connectivity index (χ3v) is 4.26. The smallest absolute Gasteiger partial charge is 0.0605 e. The summed E-state index contributed by atoms with van der Waals surface area (Å²) in [4.78, 5) is 2.40.